The van der Waals surface area contributed by atoms with Crippen molar-refractivity contribution < 1.29 is 4.74 Å². The normalized spacial score (nSPS) is 11.1. The molecule has 0 aliphatic carbocycles. The van der Waals surface area contributed by atoms with E-state index in [-0.39, 0.29) is 0 Å². The Kier molecular flexibility index (Phi) is 5.89. The first-order valence-corrected chi connectivity index (χ1v) is 6.69. The minimum atomic E-state index is 0.498. The van der Waals surface area contributed by atoms with Gasteiger partial charge in [0.25, 0.3) is 0 Å². The molecule has 1 aromatic heterocycles. The summed E-state index contributed by atoms with van der Waals surface area (Å²) in [5.41, 5.74) is 0. The Morgan fingerprint density at radius 2 is 1.89 bits per heavy atom. The van der Waals surface area contributed by atoms with E-state index in [1.165, 1.54) is 0 Å². The van der Waals surface area contributed by atoms with Crippen LogP contribution in [0.1, 0.15) is 39.9 Å². The molecular weight excluding hydrogens is 226 g/mol. The molecule has 0 aliphatic heterocycles. The Morgan fingerprint density at radius 1 is 1.17 bits per heavy atom. The second-order valence-electron chi connectivity index (χ2n) is 5.45. The molecule has 0 spiro atoms. The third-order valence-electron chi connectivity index (χ3n) is 2.41. The van der Waals surface area contributed by atoms with Crippen LogP contribution in [-0.4, -0.2) is 23.1 Å². The molecule has 0 bridgehead atoms. The molecule has 1 N–H and O–H groups in total. The van der Waals surface area contributed by atoms with Crippen molar-refractivity contribution in [2.24, 2.45) is 11.8 Å². The van der Waals surface area contributed by atoms with E-state index in [0.717, 1.165) is 24.6 Å². The number of ether oxygens (including phenoxy) is 1. The summed E-state index contributed by atoms with van der Waals surface area (Å²) in [5.74, 6) is 3.43. The Balaban J connectivity index is 2.57. The Bertz CT molecular complexity index is 364. The zero-order valence-corrected chi connectivity index (χ0v) is 12.2. The van der Waals surface area contributed by atoms with E-state index in [2.05, 4.69) is 43.0 Å². The number of anilines is 1. The van der Waals surface area contributed by atoms with E-state index in [4.69, 9.17) is 4.74 Å². The fraction of sp³-hybridized carbons (Fsp3) is 0.714. The number of nitrogens with zero attached hydrogens (tertiary/aromatic N) is 2. The van der Waals surface area contributed by atoms with Gasteiger partial charge < -0.3 is 10.1 Å². The summed E-state index contributed by atoms with van der Waals surface area (Å²) in [6.45, 7) is 12.2. The van der Waals surface area contributed by atoms with Gasteiger partial charge >= 0.3 is 0 Å². The molecule has 1 heterocycles. The van der Waals surface area contributed by atoms with Gasteiger partial charge in [-0.15, -0.1) is 0 Å². The summed E-state index contributed by atoms with van der Waals surface area (Å²) in [6.07, 6.45) is 1.13. The maximum absolute atomic E-state index is 5.63. The van der Waals surface area contributed by atoms with Gasteiger partial charge in [0.2, 0.25) is 5.88 Å². The standard InChI is InChI=1S/C14H25N3O/c1-10(2)6-7-15-13-8-14(17-12(5)16-13)18-9-11(3)4/h8,10-11H,6-7,9H2,1-5H3,(H,15,16,17). The van der Waals surface area contributed by atoms with Crippen LogP contribution in [0.25, 0.3) is 0 Å². The van der Waals surface area contributed by atoms with E-state index in [9.17, 15) is 0 Å². The van der Waals surface area contributed by atoms with Gasteiger partial charge in [0, 0.05) is 12.6 Å². The van der Waals surface area contributed by atoms with Crippen LogP contribution in [0.5, 0.6) is 5.88 Å². The smallest absolute Gasteiger partial charge is 0.218 e. The minimum Gasteiger partial charge on any atom is -0.477 e. The van der Waals surface area contributed by atoms with Gasteiger partial charge in [0.05, 0.1) is 6.61 Å². The summed E-state index contributed by atoms with van der Waals surface area (Å²) < 4.78 is 5.63. The van der Waals surface area contributed by atoms with E-state index in [1.807, 2.05) is 13.0 Å². The van der Waals surface area contributed by atoms with Gasteiger partial charge in [-0.05, 0) is 25.2 Å². The first-order chi connectivity index (χ1) is 8.47. The molecule has 0 unspecified atom stereocenters. The van der Waals surface area contributed by atoms with Crippen molar-refractivity contribution in [3.8, 4) is 5.88 Å². The highest BCUT2D eigenvalue weighted by molar-refractivity contribution is 5.38. The number of rotatable bonds is 7. The molecule has 0 radical (unpaired) electrons. The lowest BCUT2D eigenvalue weighted by Crippen LogP contribution is -2.10. The lowest BCUT2D eigenvalue weighted by Gasteiger charge is -2.11. The van der Waals surface area contributed by atoms with Gasteiger partial charge in [0.15, 0.2) is 0 Å². The van der Waals surface area contributed by atoms with Crippen LogP contribution in [0, 0.1) is 18.8 Å². The molecule has 0 aromatic carbocycles. The Labute approximate surface area is 110 Å². The molecule has 4 nitrogen and oxygen atoms in total. The van der Waals surface area contributed by atoms with Crippen LogP contribution in [0.2, 0.25) is 0 Å². The second-order valence-corrected chi connectivity index (χ2v) is 5.45. The maximum Gasteiger partial charge on any atom is 0.218 e. The monoisotopic (exact) mass is 251 g/mol. The first-order valence-electron chi connectivity index (χ1n) is 6.69. The predicted octanol–water partition coefficient (Wildman–Crippen LogP) is 3.28. The molecule has 0 fully saturated rings. The lowest BCUT2D eigenvalue weighted by molar-refractivity contribution is 0.260. The second kappa shape index (κ2) is 7.19. The quantitative estimate of drug-likeness (QED) is 0.808. The predicted molar refractivity (Wildman–Crippen MR) is 75.0 cm³/mol. The average molecular weight is 251 g/mol. The number of hydrogen-bond acceptors (Lipinski definition) is 4. The molecule has 0 saturated heterocycles. The topological polar surface area (TPSA) is 47.0 Å². The SMILES string of the molecule is Cc1nc(NCCC(C)C)cc(OCC(C)C)n1. The van der Waals surface area contributed by atoms with E-state index in [0.29, 0.717) is 24.3 Å². The number of nitrogens with one attached hydrogen (secondary N) is 1. The van der Waals surface area contributed by atoms with E-state index < -0.39 is 0 Å². The van der Waals surface area contributed by atoms with Crippen molar-refractivity contribution >= 4 is 5.82 Å². The minimum absolute atomic E-state index is 0.498. The molecule has 4 heteroatoms. The highest BCUT2D eigenvalue weighted by Crippen LogP contribution is 2.14. The Hall–Kier alpha value is -1.32. The molecule has 0 saturated carbocycles. The van der Waals surface area contributed by atoms with Crippen molar-refractivity contribution in [2.45, 2.75) is 41.0 Å². The molecule has 102 valence electrons. The van der Waals surface area contributed by atoms with Gasteiger partial charge in [-0.1, -0.05) is 27.7 Å². The Morgan fingerprint density at radius 3 is 2.50 bits per heavy atom. The summed E-state index contributed by atoms with van der Waals surface area (Å²) >= 11 is 0. The highest BCUT2D eigenvalue weighted by Gasteiger charge is 2.04. The number of aryl methyl sites for hydroxylation is 1. The van der Waals surface area contributed by atoms with Crippen molar-refractivity contribution in [1.82, 2.24) is 9.97 Å². The van der Waals surface area contributed by atoms with Crippen LogP contribution in [0.3, 0.4) is 0 Å². The largest absolute Gasteiger partial charge is 0.477 e. The molecule has 18 heavy (non-hydrogen) atoms. The van der Waals surface area contributed by atoms with Crippen molar-refractivity contribution in [1.29, 1.82) is 0 Å². The highest BCUT2D eigenvalue weighted by atomic mass is 16.5. The van der Waals surface area contributed by atoms with Crippen LogP contribution in [0.4, 0.5) is 5.82 Å². The van der Waals surface area contributed by atoms with Gasteiger partial charge in [-0.2, -0.15) is 4.98 Å². The van der Waals surface area contributed by atoms with Gasteiger partial charge in [-0.3, -0.25) is 0 Å². The third-order valence-corrected chi connectivity index (χ3v) is 2.41. The molecule has 1 rings (SSSR count). The summed E-state index contributed by atoms with van der Waals surface area (Å²) in [6, 6.07) is 1.87. The lowest BCUT2D eigenvalue weighted by atomic mass is 10.1. The summed E-state index contributed by atoms with van der Waals surface area (Å²) in [7, 11) is 0. The summed E-state index contributed by atoms with van der Waals surface area (Å²) in [4.78, 5) is 8.63. The fourth-order valence-electron chi connectivity index (χ4n) is 1.45. The average Bonchev–Trinajstić information content (AvgIpc) is 2.25. The van der Waals surface area contributed by atoms with Crippen molar-refractivity contribution in [2.75, 3.05) is 18.5 Å². The van der Waals surface area contributed by atoms with Gasteiger partial charge in [-0.25, -0.2) is 4.98 Å². The number of aromatic nitrogens is 2. The van der Waals surface area contributed by atoms with Crippen LogP contribution < -0.4 is 10.1 Å². The maximum atomic E-state index is 5.63. The molecular formula is C14H25N3O. The fourth-order valence-corrected chi connectivity index (χ4v) is 1.45. The molecule has 0 atom stereocenters. The van der Waals surface area contributed by atoms with Crippen molar-refractivity contribution in [3.63, 3.8) is 0 Å². The van der Waals surface area contributed by atoms with Gasteiger partial charge in [0.1, 0.15) is 11.6 Å². The number of hydrogen-bond donors (Lipinski definition) is 1. The zero-order valence-electron chi connectivity index (χ0n) is 12.2. The summed E-state index contributed by atoms with van der Waals surface area (Å²) in [5, 5.41) is 3.31. The first kappa shape index (κ1) is 14.7. The molecule has 1 aromatic rings. The molecule has 0 amide bonds. The van der Waals surface area contributed by atoms with E-state index in [1.54, 1.807) is 0 Å². The van der Waals surface area contributed by atoms with E-state index >= 15 is 0 Å². The van der Waals surface area contributed by atoms with Crippen LogP contribution >= 0.6 is 0 Å². The van der Waals surface area contributed by atoms with Crippen LogP contribution in [0.15, 0.2) is 6.07 Å². The van der Waals surface area contributed by atoms with Crippen molar-refractivity contribution in [3.05, 3.63) is 11.9 Å². The zero-order chi connectivity index (χ0) is 13.5. The molecule has 0 aliphatic rings. The third kappa shape index (κ3) is 5.84. The van der Waals surface area contributed by atoms with Crippen LogP contribution in [-0.2, 0) is 0 Å².